The highest BCUT2D eigenvalue weighted by Crippen LogP contribution is 2.22. The highest BCUT2D eigenvalue weighted by atomic mass is 16.6. The monoisotopic (exact) mass is 293 g/mol. The Morgan fingerprint density at radius 2 is 2.00 bits per heavy atom. The van der Waals surface area contributed by atoms with Gasteiger partial charge in [-0.05, 0) is 6.92 Å². The summed E-state index contributed by atoms with van der Waals surface area (Å²) in [7, 11) is 0. The first-order valence-corrected chi connectivity index (χ1v) is 5.40. The van der Waals surface area contributed by atoms with Crippen molar-refractivity contribution < 1.29 is 19.7 Å². The van der Waals surface area contributed by atoms with E-state index in [1.165, 1.54) is 13.0 Å². The van der Waals surface area contributed by atoms with Crippen LogP contribution in [-0.2, 0) is 0 Å². The molecule has 1 N–H and O–H groups in total. The summed E-state index contributed by atoms with van der Waals surface area (Å²) in [6.07, 6.45) is 1.85. The van der Waals surface area contributed by atoms with Crippen LogP contribution in [-0.4, -0.2) is 35.7 Å². The number of hydrogen-bond donors (Lipinski definition) is 1. The van der Waals surface area contributed by atoms with Crippen molar-refractivity contribution in [1.29, 1.82) is 0 Å². The summed E-state index contributed by atoms with van der Waals surface area (Å²) >= 11 is 0. The van der Waals surface area contributed by atoms with E-state index in [1.807, 2.05) is 0 Å². The third-order valence-electron chi connectivity index (χ3n) is 2.56. The molecule has 11 heteroatoms. The molecule has 0 saturated heterocycles. The molecule has 2 rings (SSSR count). The SMILES string of the molecule is Cc1cc([N+](=O)[O-])cnc1-n1cc([N+](=O)[O-])c(C(=O)O)n1. The first-order valence-electron chi connectivity index (χ1n) is 5.40. The van der Waals surface area contributed by atoms with Gasteiger partial charge in [-0.15, -0.1) is 0 Å². The fourth-order valence-corrected chi connectivity index (χ4v) is 1.65. The lowest BCUT2D eigenvalue weighted by Crippen LogP contribution is -2.05. The summed E-state index contributed by atoms with van der Waals surface area (Å²) < 4.78 is 0.903. The minimum atomic E-state index is -1.56. The van der Waals surface area contributed by atoms with Gasteiger partial charge < -0.3 is 5.11 Å². The Morgan fingerprint density at radius 3 is 2.43 bits per heavy atom. The molecule has 0 atom stereocenters. The van der Waals surface area contributed by atoms with Crippen molar-refractivity contribution in [3.05, 3.63) is 49.9 Å². The smallest absolute Gasteiger partial charge is 0.363 e. The van der Waals surface area contributed by atoms with E-state index >= 15 is 0 Å². The third kappa shape index (κ3) is 2.51. The van der Waals surface area contributed by atoms with E-state index in [-0.39, 0.29) is 11.5 Å². The van der Waals surface area contributed by atoms with Gasteiger partial charge in [0.1, 0.15) is 12.4 Å². The maximum atomic E-state index is 10.9. The summed E-state index contributed by atoms with van der Waals surface area (Å²) in [5.74, 6) is -1.49. The lowest BCUT2D eigenvalue weighted by atomic mass is 10.2. The van der Waals surface area contributed by atoms with E-state index < -0.39 is 27.2 Å². The Hall–Kier alpha value is -3.37. The minimum absolute atomic E-state index is 0.0659. The van der Waals surface area contributed by atoms with E-state index in [2.05, 4.69) is 10.1 Å². The Bertz CT molecular complexity index is 736. The zero-order valence-corrected chi connectivity index (χ0v) is 10.5. The molecule has 0 bridgehead atoms. The zero-order valence-electron chi connectivity index (χ0n) is 10.5. The molecule has 0 aliphatic rings. The Labute approximate surface area is 115 Å². The van der Waals surface area contributed by atoms with Crippen LogP contribution in [0, 0.1) is 27.2 Å². The molecule has 0 unspecified atom stereocenters. The van der Waals surface area contributed by atoms with Crippen molar-refractivity contribution in [3.8, 4) is 5.82 Å². The van der Waals surface area contributed by atoms with Crippen LogP contribution in [0.4, 0.5) is 11.4 Å². The predicted molar refractivity (Wildman–Crippen MR) is 66.4 cm³/mol. The van der Waals surface area contributed by atoms with Crippen LogP contribution in [0.1, 0.15) is 16.1 Å². The molecule has 0 radical (unpaired) electrons. The molecule has 0 aliphatic carbocycles. The predicted octanol–water partition coefficient (Wildman–Crippen LogP) is 1.09. The lowest BCUT2D eigenvalue weighted by molar-refractivity contribution is -0.385. The van der Waals surface area contributed by atoms with Crippen molar-refractivity contribution in [3.63, 3.8) is 0 Å². The Balaban J connectivity index is 2.57. The van der Waals surface area contributed by atoms with E-state index in [0.717, 1.165) is 17.1 Å². The standard InChI is InChI=1S/C10H7N5O6/c1-5-2-6(14(18)19)3-11-9(5)13-4-7(15(20)21)8(12-13)10(16)17/h2-4H,1H3,(H,16,17). The molecular formula is C10H7N5O6. The van der Waals surface area contributed by atoms with Gasteiger partial charge >= 0.3 is 11.7 Å². The first-order chi connectivity index (χ1) is 9.81. The molecule has 0 fully saturated rings. The van der Waals surface area contributed by atoms with Crippen LogP contribution in [0.3, 0.4) is 0 Å². The molecule has 108 valence electrons. The Morgan fingerprint density at radius 1 is 1.33 bits per heavy atom. The van der Waals surface area contributed by atoms with E-state index in [1.54, 1.807) is 0 Å². The summed E-state index contributed by atoms with van der Waals surface area (Å²) in [5.41, 5.74) is -1.36. The summed E-state index contributed by atoms with van der Waals surface area (Å²) in [6, 6.07) is 1.20. The number of hydrogen-bond acceptors (Lipinski definition) is 7. The molecule has 2 aromatic rings. The van der Waals surface area contributed by atoms with E-state index in [4.69, 9.17) is 5.11 Å². The van der Waals surface area contributed by atoms with E-state index in [9.17, 15) is 25.0 Å². The van der Waals surface area contributed by atoms with Gasteiger partial charge in [0.15, 0.2) is 5.82 Å². The van der Waals surface area contributed by atoms with Crippen molar-refractivity contribution in [2.45, 2.75) is 6.92 Å². The van der Waals surface area contributed by atoms with Gasteiger partial charge in [0.25, 0.3) is 5.69 Å². The van der Waals surface area contributed by atoms with Crippen LogP contribution in [0.5, 0.6) is 0 Å². The number of aryl methyl sites for hydroxylation is 1. The summed E-state index contributed by atoms with van der Waals surface area (Å²) in [5, 5.41) is 33.8. The number of aromatic carboxylic acids is 1. The van der Waals surface area contributed by atoms with Crippen LogP contribution in [0.2, 0.25) is 0 Å². The molecule has 0 spiro atoms. The second kappa shape index (κ2) is 4.96. The van der Waals surface area contributed by atoms with E-state index in [0.29, 0.717) is 5.56 Å². The first kappa shape index (κ1) is 14.0. The van der Waals surface area contributed by atoms with Gasteiger partial charge in [-0.1, -0.05) is 0 Å². The number of nitrogens with zero attached hydrogens (tertiary/aromatic N) is 5. The number of carboxylic acid groups (broad SMARTS) is 1. The molecule has 2 heterocycles. The highest BCUT2D eigenvalue weighted by molar-refractivity contribution is 5.89. The molecular weight excluding hydrogens is 286 g/mol. The molecule has 0 amide bonds. The number of carboxylic acids is 1. The van der Waals surface area contributed by atoms with Gasteiger partial charge in [0.05, 0.1) is 9.85 Å². The van der Waals surface area contributed by atoms with Gasteiger partial charge in [0, 0.05) is 11.6 Å². The van der Waals surface area contributed by atoms with Crippen LogP contribution in [0.25, 0.3) is 5.82 Å². The van der Waals surface area contributed by atoms with Gasteiger partial charge in [-0.2, -0.15) is 5.10 Å². The van der Waals surface area contributed by atoms with Crippen LogP contribution in [0.15, 0.2) is 18.5 Å². The number of rotatable bonds is 4. The lowest BCUT2D eigenvalue weighted by Gasteiger charge is -2.03. The number of pyridine rings is 1. The minimum Gasteiger partial charge on any atom is -0.476 e. The largest absolute Gasteiger partial charge is 0.476 e. The van der Waals surface area contributed by atoms with Crippen LogP contribution < -0.4 is 0 Å². The normalized spacial score (nSPS) is 10.3. The second-order valence-corrected chi connectivity index (χ2v) is 3.96. The van der Waals surface area contributed by atoms with Crippen molar-refractivity contribution in [2.24, 2.45) is 0 Å². The van der Waals surface area contributed by atoms with Crippen molar-refractivity contribution in [1.82, 2.24) is 14.8 Å². The number of nitro groups is 2. The van der Waals surface area contributed by atoms with Gasteiger partial charge in [-0.3, -0.25) is 20.2 Å². The molecule has 0 aliphatic heterocycles. The summed E-state index contributed by atoms with van der Waals surface area (Å²) in [6.45, 7) is 1.49. The topological polar surface area (TPSA) is 154 Å². The molecule has 21 heavy (non-hydrogen) atoms. The molecule has 2 aromatic heterocycles. The fourth-order valence-electron chi connectivity index (χ4n) is 1.65. The fraction of sp³-hybridized carbons (Fsp3) is 0.100. The molecule has 0 aromatic carbocycles. The molecule has 11 nitrogen and oxygen atoms in total. The molecule has 0 saturated carbocycles. The maximum absolute atomic E-state index is 10.9. The number of aromatic nitrogens is 3. The van der Waals surface area contributed by atoms with Gasteiger partial charge in [-0.25, -0.2) is 14.5 Å². The van der Waals surface area contributed by atoms with Crippen molar-refractivity contribution >= 4 is 17.3 Å². The number of carbonyl (C=O) groups is 1. The maximum Gasteiger partial charge on any atom is 0.363 e. The Kier molecular flexibility index (Phi) is 3.32. The average molecular weight is 293 g/mol. The van der Waals surface area contributed by atoms with Crippen LogP contribution >= 0.6 is 0 Å². The highest BCUT2D eigenvalue weighted by Gasteiger charge is 2.26. The van der Waals surface area contributed by atoms with Gasteiger partial charge in [0.2, 0.25) is 5.69 Å². The summed E-state index contributed by atoms with van der Waals surface area (Å²) in [4.78, 5) is 34.6. The average Bonchev–Trinajstić information content (AvgIpc) is 2.83. The zero-order chi connectivity index (χ0) is 15.7. The van der Waals surface area contributed by atoms with Crippen molar-refractivity contribution in [2.75, 3.05) is 0 Å². The third-order valence-corrected chi connectivity index (χ3v) is 2.56. The second-order valence-electron chi connectivity index (χ2n) is 3.96. The quantitative estimate of drug-likeness (QED) is 0.648.